The van der Waals surface area contributed by atoms with Crippen molar-refractivity contribution < 1.29 is 0 Å². The highest BCUT2D eigenvalue weighted by Gasteiger charge is 2.36. The first-order valence-corrected chi connectivity index (χ1v) is 8.18. The second-order valence-corrected chi connectivity index (χ2v) is 6.33. The summed E-state index contributed by atoms with van der Waals surface area (Å²) in [5, 5.41) is 6.84. The van der Waals surface area contributed by atoms with E-state index in [2.05, 4.69) is 22.5 Å². The van der Waals surface area contributed by atoms with Crippen molar-refractivity contribution >= 4 is 16.5 Å². The Hall–Kier alpha value is -0.610. The molecule has 0 spiro atoms. The Bertz CT molecular complexity index is 390. The molecule has 18 heavy (non-hydrogen) atoms. The first-order chi connectivity index (χ1) is 8.88. The molecular formula is C14H23N3S. The van der Waals surface area contributed by atoms with Gasteiger partial charge in [0.1, 0.15) is 0 Å². The van der Waals surface area contributed by atoms with Crippen LogP contribution in [-0.2, 0) is 6.54 Å². The Kier molecular flexibility index (Phi) is 3.85. The van der Waals surface area contributed by atoms with Gasteiger partial charge in [-0.3, -0.25) is 0 Å². The summed E-state index contributed by atoms with van der Waals surface area (Å²) in [6.45, 7) is 5.28. The number of anilines is 1. The molecule has 2 aliphatic rings. The minimum atomic E-state index is 0.789. The van der Waals surface area contributed by atoms with Gasteiger partial charge in [0.05, 0.1) is 5.69 Å². The molecule has 1 N–H and O–H groups in total. The molecule has 100 valence electrons. The summed E-state index contributed by atoms with van der Waals surface area (Å²) in [6, 6.07) is 0.789. The number of fused-ring (bicyclic) bond motifs is 1. The quantitative estimate of drug-likeness (QED) is 0.907. The molecule has 1 aromatic rings. The number of hydrogen-bond donors (Lipinski definition) is 1. The molecule has 3 rings (SSSR count). The largest absolute Gasteiger partial charge is 0.345 e. The highest BCUT2D eigenvalue weighted by atomic mass is 32.1. The first kappa shape index (κ1) is 12.4. The van der Waals surface area contributed by atoms with Gasteiger partial charge < -0.3 is 10.2 Å². The molecule has 2 fully saturated rings. The normalized spacial score (nSPS) is 27.5. The molecule has 3 nitrogen and oxygen atoms in total. The number of thiazole rings is 1. The lowest BCUT2D eigenvalue weighted by atomic mass is 9.92. The summed E-state index contributed by atoms with van der Waals surface area (Å²) in [4.78, 5) is 7.41. The zero-order valence-electron chi connectivity index (χ0n) is 11.2. The Morgan fingerprint density at radius 3 is 3.17 bits per heavy atom. The van der Waals surface area contributed by atoms with Crippen molar-refractivity contribution in [3.63, 3.8) is 0 Å². The topological polar surface area (TPSA) is 28.2 Å². The van der Waals surface area contributed by atoms with Crippen molar-refractivity contribution in [2.75, 3.05) is 18.0 Å². The smallest absolute Gasteiger partial charge is 0.185 e. The summed E-state index contributed by atoms with van der Waals surface area (Å²) in [5.74, 6) is 0.944. The number of nitrogens with one attached hydrogen (secondary N) is 1. The van der Waals surface area contributed by atoms with Crippen LogP contribution in [0.25, 0.3) is 0 Å². The van der Waals surface area contributed by atoms with Gasteiger partial charge in [0, 0.05) is 24.5 Å². The van der Waals surface area contributed by atoms with Crippen LogP contribution in [0.1, 0.15) is 44.7 Å². The third-order valence-corrected chi connectivity index (χ3v) is 5.26. The average molecular weight is 265 g/mol. The van der Waals surface area contributed by atoms with Gasteiger partial charge in [0.15, 0.2) is 5.13 Å². The van der Waals surface area contributed by atoms with E-state index in [0.29, 0.717) is 0 Å². The summed E-state index contributed by atoms with van der Waals surface area (Å²) in [5.41, 5.74) is 1.21. The minimum absolute atomic E-state index is 0.789. The van der Waals surface area contributed by atoms with Crippen LogP contribution in [0.4, 0.5) is 5.13 Å². The molecule has 0 radical (unpaired) electrons. The van der Waals surface area contributed by atoms with Crippen molar-refractivity contribution in [2.24, 2.45) is 5.92 Å². The summed E-state index contributed by atoms with van der Waals surface area (Å²) >= 11 is 1.83. The Morgan fingerprint density at radius 1 is 1.39 bits per heavy atom. The van der Waals surface area contributed by atoms with Gasteiger partial charge in [-0.15, -0.1) is 11.3 Å². The van der Waals surface area contributed by atoms with E-state index in [9.17, 15) is 0 Å². The number of hydrogen-bond acceptors (Lipinski definition) is 4. The van der Waals surface area contributed by atoms with Crippen LogP contribution in [0.3, 0.4) is 0 Å². The van der Waals surface area contributed by atoms with Gasteiger partial charge >= 0.3 is 0 Å². The number of rotatable bonds is 4. The maximum Gasteiger partial charge on any atom is 0.185 e. The fraction of sp³-hybridized carbons (Fsp3) is 0.786. The molecule has 0 bridgehead atoms. The second-order valence-electron chi connectivity index (χ2n) is 5.50. The van der Waals surface area contributed by atoms with Crippen molar-refractivity contribution in [1.29, 1.82) is 0 Å². The summed E-state index contributed by atoms with van der Waals surface area (Å²) in [6.07, 6.45) is 7.03. The average Bonchev–Trinajstić information content (AvgIpc) is 3.04. The molecule has 2 heterocycles. The van der Waals surface area contributed by atoms with Gasteiger partial charge in [-0.2, -0.15) is 0 Å². The summed E-state index contributed by atoms with van der Waals surface area (Å²) in [7, 11) is 0. The molecule has 0 amide bonds. The monoisotopic (exact) mass is 265 g/mol. The van der Waals surface area contributed by atoms with E-state index in [0.717, 1.165) is 25.0 Å². The molecule has 1 aliphatic heterocycles. The molecule has 1 aromatic heterocycles. The highest BCUT2D eigenvalue weighted by molar-refractivity contribution is 7.13. The van der Waals surface area contributed by atoms with Crippen molar-refractivity contribution in [2.45, 2.75) is 51.6 Å². The first-order valence-electron chi connectivity index (χ1n) is 7.30. The molecule has 1 saturated heterocycles. The number of piperidine rings is 1. The maximum absolute atomic E-state index is 4.81. The van der Waals surface area contributed by atoms with E-state index in [1.165, 1.54) is 49.5 Å². The molecule has 0 aromatic carbocycles. The van der Waals surface area contributed by atoms with E-state index in [-0.39, 0.29) is 0 Å². The third kappa shape index (κ3) is 2.41. The predicted molar refractivity (Wildman–Crippen MR) is 77.2 cm³/mol. The van der Waals surface area contributed by atoms with Gasteiger partial charge in [0.25, 0.3) is 0 Å². The van der Waals surface area contributed by atoms with E-state index >= 15 is 0 Å². The van der Waals surface area contributed by atoms with Crippen LogP contribution in [0.15, 0.2) is 5.38 Å². The van der Waals surface area contributed by atoms with E-state index in [4.69, 9.17) is 4.98 Å². The maximum atomic E-state index is 4.81. The molecule has 2 unspecified atom stereocenters. The van der Waals surface area contributed by atoms with Crippen molar-refractivity contribution in [3.8, 4) is 0 Å². The van der Waals surface area contributed by atoms with Crippen LogP contribution in [0.2, 0.25) is 0 Å². The van der Waals surface area contributed by atoms with Gasteiger partial charge in [-0.25, -0.2) is 4.98 Å². The Labute approximate surface area is 114 Å². The SMILES string of the molecule is CCNCc1csc(N2CCCC3CCCC32)n1. The van der Waals surface area contributed by atoms with Gasteiger partial charge in [-0.1, -0.05) is 13.3 Å². The van der Waals surface area contributed by atoms with Crippen LogP contribution >= 0.6 is 11.3 Å². The lowest BCUT2D eigenvalue weighted by Crippen LogP contribution is -2.42. The number of nitrogens with zero attached hydrogens (tertiary/aromatic N) is 2. The predicted octanol–water partition coefficient (Wildman–Crippen LogP) is 3.02. The third-order valence-electron chi connectivity index (χ3n) is 4.33. The van der Waals surface area contributed by atoms with E-state index in [1.807, 2.05) is 11.3 Å². The van der Waals surface area contributed by atoms with E-state index < -0.39 is 0 Å². The molecular weight excluding hydrogens is 242 g/mol. The lowest BCUT2D eigenvalue weighted by Gasteiger charge is -2.37. The second kappa shape index (κ2) is 5.57. The van der Waals surface area contributed by atoms with Crippen molar-refractivity contribution in [1.82, 2.24) is 10.3 Å². The Balaban J connectivity index is 1.71. The molecule has 1 aliphatic carbocycles. The zero-order chi connectivity index (χ0) is 12.4. The zero-order valence-corrected chi connectivity index (χ0v) is 12.0. The van der Waals surface area contributed by atoms with Gasteiger partial charge in [-0.05, 0) is 38.1 Å². The van der Waals surface area contributed by atoms with Crippen LogP contribution in [0, 0.1) is 5.92 Å². The standard InChI is InChI=1S/C14H23N3S/c1-2-15-9-12-10-18-14(16-12)17-8-4-6-11-5-3-7-13(11)17/h10-11,13,15H,2-9H2,1H3. The van der Waals surface area contributed by atoms with Crippen molar-refractivity contribution in [3.05, 3.63) is 11.1 Å². The van der Waals surface area contributed by atoms with Crippen LogP contribution < -0.4 is 10.2 Å². The van der Waals surface area contributed by atoms with Gasteiger partial charge in [0.2, 0.25) is 0 Å². The fourth-order valence-corrected chi connectivity index (χ4v) is 4.36. The Morgan fingerprint density at radius 2 is 2.28 bits per heavy atom. The summed E-state index contributed by atoms with van der Waals surface area (Å²) < 4.78 is 0. The van der Waals surface area contributed by atoms with E-state index in [1.54, 1.807) is 0 Å². The molecule has 1 saturated carbocycles. The lowest BCUT2D eigenvalue weighted by molar-refractivity contribution is 0.362. The fourth-order valence-electron chi connectivity index (χ4n) is 3.45. The molecule has 4 heteroatoms. The minimum Gasteiger partial charge on any atom is -0.345 e. The molecule has 2 atom stereocenters. The van der Waals surface area contributed by atoms with Crippen LogP contribution in [0.5, 0.6) is 0 Å². The highest BCUT2D eigenvalue weighted by Crippen LogP contribution is 2.39. The van der Waals surface area contributed by atoms with Crippen LogP contribution in [-0.4, -0.2) is 24.1 Å². The number of aromatic nitrogens is 1.